The summed E-state index contributed by atoms with van der Waals surface area (Å²) in [6, 6.07) is 0. The number of aliphatic imine (C=N–C) groups is 1. The SMILES string of the molecule is C=C/C=N\C(=C/C=C)C(CCC)CCCC. The van der Waals surface area contributed by atoms with Crippen molar-refractivity contribution < 1.29 is 0 Å². The van der Waals surface area contributed by atoms with Crippen LogP contribution in [0, 0.1) is 5.92 Å². The van der Waals surface area contributed by atoms with E-state index in [1.54, 1.807) is 12.3 Å². The van der Waals surface area contributed by atoms with E-state index in [2.05, 4.69) is 32.0 Å². The van der Waals surface area contributed by atoms with Crippen LogP contribution in [-0.4, -0.2) is 6.21 Å². The largest absolute Gasteiger partial charge is 0.261 e. The van der Waals surface area contributed by atoms with Crippen LogP contribution >= 0.6 is 0 Å². The van der Waals surface area contributed by atoms with Gasteiger partial charge in [-0.15, -0.1) is 0 Å². The minimum Gasteiger partial charge on any atom is -0.261 e. The zero-order valence-electron chi connectivity index (χ0n) is 10.8. The molecule has 0 amide bonds. The van der Waals surface area contributed by atoms with Gasteiger partial charge in [0, 0.05) is 17.8 Å². The molecule has 0 aliphatic heterocycles. The first kappa shape index (κ1) is 14.9. The zero-order valence-corrected chi connectivity index (χ0v) is 10.8. The normalized spacial score (nSPS) is 14.0. The van der Waals surface area contributed by atoms with Gasteiger partial charge in [0.25, 0.3) is 0 Å². The molecule has 0 spiro atoms. The number of hydrogen-bond donors (Lipinski definition) is 0. The molecule has 0 heterocycles. The van der Waals surface area contributed by atoms with Gasteiger partial charge >= 0.3 is 0 Å². The van der Waals surface area contributed by atoms with Crippen LogP contribution in [0.5, 0.6) is 0 Å². The van der Waals surface area contributed by atoms with Crippen molar-refractivity contribution in [3.63, 3.8) is 0 Å². The van der Waals surface area contributed by atoms with Crippen LogP contribution in [0.2, 0.25) is 0 Å². The van der Waals surface area contributed by atoms with Gasteiger partial charge in [0.05, 0.1) is 0 Å². The molecule has 1 atom stereocenters. The lowest BCUT2D eigenvalue weighted by molar-refractivity contribution is 0.485. The third kappa shape index (κ3) is 6.39. The second-order valence-corrected chi connectivity index (χ2v) is 3.97. The Kier molecular flexibility index (Phi) is 9.69. The first-order valence-corrected chi connectivity index (χ1v) is 6.27. The van der Waals surface area contributed by atoms with Crippen molar-refractivity contribution in [2.45, 2.75) is 46.0 Å². The van der Waals surface area contributed by atoms with Gasteiger partial charge < -0.3 is 0 Å². The maximum atomic E-state index is 4.45. The first-order valence-electron chi connectivity index (χ1n) is 6.27. The standard InChI is InChI=1S/C15H25N/c1-5-9-12-14(10-6-2)15(11-7-3)16-13-8-4/h7-8,11,13-14H,3-6,9-10,12H2,1-2H3/b15-11-,16-13-. The highest BCUT2D eigenvalue weighted by atomic mass is 14.7. The second-order valence-electron chi connectivity index (χ2n) is 3.97. The van der Waals surface area contributed by atoms with Crippen LogP contribution in [0.25, 0.3) is 0 Å². The molecule has 0 bridgehead atoms. The molecule has 0 radical (unpaired) electrons. The first-order chi connectivity index (χ1) is 7.79. The molecule has 1 unspecified atom stereocenters. The van der Waals surface area contributed by atoms with E-state index in [1.165, 1.54) is 32.1 Å². The average molecular weight is 219 g/mol. The fourth-order valence-corrected chi connectivity index (χ4v) is 1.78. The van der Waals surface area contributed by atoms with E-state index in [9.17, 15) is 0 Å². The third-order valence-corrected chi connectivity index (χ3v) is 2.58. The highest BCUT2D eigenvalue weighted by molar-refractivity contribution is 5.71. The Bertz CT molecular complexity index is 248. The molecule has 0 rings (SSSR count). The summed E-state index contributed by atoms with van der Waals surface area (Å²) in [4.78, 5) is 4.45. The Hall–Kier alpha value is -1.11. The molecule has 1 nitrogen and oxygen atoms in total. The van der Waals surface area contributed by atoms with Crippen molar-refractivity contribution in [3.8, 4) is 0 Å². The summed E-state index contributed by atoms with van der Waals surface area (Å²) < 4.78 is 0. The average Bonchev–Trinajstić information content (AvgIpc) is 2.30. The molecule has 0 N–H and O–H groups in total. The van der Waals surface area contributed by atoms with E-state index in [-0.39, 0.29) is 0 Å². The molecule has 0 aliphatic carbocycles. The summed E-state index contributed by atoms with van der Waals surface area (Å²) in [7, 11) is 0. The van der Waals surface area contributed by atoms with Crippen LogP contribution < -0.4 is 0 Å². The van der Waals surface area contributed by atoms with Crippen LogP contribution in [0.3, 0.4) is 0 Å². The van der Waals surface area contributed by atoms with Gasteiger partial charge in [-0.1, -0.05) is 58.4 Å². The van der Waals surface area contributed by atoms with Gasteiger partial charge in [-0.3, -0.25) is 4.99 Å². The molecule has 0 saturated carbocycles. The Morgan fingerprint density at radius 1 is 1.12 bits per heavy atom. The molecule has 0 saturated heterocycles. The Morgan fingerprint density at radius 3 is 2.38 bits per heavy atom. The number of allylic oxidation sites excluding steroid dienone is 4. The molecule has 1 heteroatoms. The lowest BCUT2D eigenvalue weighted by Crippen LogP contribution is -2.03. The fourth-order valence-electron chi connectivity index (χ4n) is 1.78. The van der Waals surface area contributed by atoms with E-state index in [0.717, 1.165) is 5.70 Å². The summed E-state index contributed by atoms with van der Waals surface area (Å²) in [5, 5.41) is 0. The van der Waals surface area contributed by atoms with Crippen molar-refractivity contribution in [2.75, 3.05) is 0 Å². The smallest absolute Gasteiger partial charge is 0.0434 e. The molecule has 16 heavy (non-hydrogen) atoms. The van der Waals surface area contributed by atoms with Crippen molar-refractivity contribution in [3.05, 3.63) is 37.1 Å². The molecule has 0 aromatic carbocycles. The molecular weight excluding hydrogens is 194 g/mol. The molecule has 0 fully saturated rings. The molecule has 0 aliphatic rings. The quantitative estimate of drug-likeness (QED) is 0.385. The molecule has 0 aromatic rings. The maximum absolute atomic E-state index is 4.45. The van der Waals surface area contributed by atoms with E-state index in [1.807, 2.05) is 12.2 Å². The molecular formula is C15H25N. The van der Waals surface area contributed by atoms with E-state index >= 15 is 0 Å². The lowest BCUT2D eigenvalue weighted by Gasteiger charge is -2.16. The summed E-state index contributed by atoms with van der Waals surface area (Å²) in [5.74, 6) is 0.569. The Balaban J connectivity index is 4.64. The van der Waals surface area contributed by atoms with Gasteiger partial charge in [-0.2, -0.15) is 0 Å². The highest BCUT2D eigenvalue weighted by Gasteiger charge is 2.11. The fraction of sp³-hybridized carbons (Fsp3) is 0.533. The Labute approximate surface area is 101 Å². The van der Waals surface area contributed by atoms with Gasteiger partial charge in [-0.05, 0) is 18.9 Å². The van der Waals surface area contributed by atoms with Crippen molar-refractivity contribution in [2.24, 2.45) is 10.9 Å². The van der Waals surface area contributed by atoms with Crippen molar-refractivity contribution in [1.29, 1.82) is 0 Å². The Morgan fingerprint density at radius 2 is 1.88 bits per heavy atom. The van der Waals surface area contributed by atoms with E-state index in [0.29, 0.717) is 5.92 Å². The highest BCUT2D eigenvalue weighted by Crippen LogP contribution is 2.24. The van der Waals surface area contributed by atoms with Gasteiger partial charge in [0.15, 0.2) is 0 Å². The monoisotopic (exact) mass is 219 g/mol. The molecule has 0 aromatic heterocycles. The summed E-state index contributed by atoms with van der Waals surface area (Å²) in [6.45, 7) is 11.9. The summed E-state index contributed by atoms with van der Waals surface area (Å²) in [6.07, 6.45) is 13.5. The van der Waals surface area contributed by atoms with E-state index in [4.69, 9.17) is 0 Å². The predicted octanol–water partition coefficient (Wildman–Crippen LogP) is 4.92. The van der Waals surface area contributed by atoms with Gasteiger partial charge in [-0.25, -0.2) is 0 Å². The predicted molar refractivity (Wildman–Crippen MR) is 74.9 cm³/mol. The van der Waals surface area contributed by atoms with Crippen molar-refractivity contribution in [1.82, 2.24) is 0 Å². The number of rotatable bonds is 9. The van der Waals surface area contributed by atoms with Gasteiger partial charge in [0.1, 0.15) is 0 Å². The van der Waals surface area contributed by atoms with E-state index < -0.39 is 0 Å². The topological polar surface area (TPSA) is 12.4 Å². The third-order valence-electron chi connectivity index (χ3n) is 2.58. The van der Waals surface area contributed by atoms with Crippen LogP contribution in [-0.2, 0) is 0 Å². The van der Waals surface area contributed by atoms with Crippen LogP contribution in [0.15, 0.2) is 42.1 Å². The minimum absolute atomic E-state index is 0.569. The summed E-state index contributed by atoms with van der Waals surface area (Å²) in [5.41, 5.74) is 1.14. The summed E-state index contributed by atoms with van der Waals surface area (Å²) >= 11 is 0. The zero-order chi connectivity index (χ0) is 12.2. The van der Waals surface area contributed by atoms with Crippen molar-refractivity contribution >= 4 is 6.21 Å². The number of nitrogens with zero attached hydrogens (tertiary/aromatic N) is 1. The minimum atomic E-state index is 0.569. The second kappa shape index (κ2) is 10.4. The lowest BCUT2D eigenvalue weighted by atomic mass is 9.93. The maximum Gasteiger partial charge on any atom is 0.0434 e. The number of unbranched alkanes of at least 4 members (excludes halogenated alkanes) is 1. The number of hydrogen-bond acceptors (Lipinski definition) is 1. The molecule has 90 valence electrons. The van der Waals surface area contributed by atoms with Gasteiger partial charge in [0.2, 0.25) is 0 Å². The van der Waals surface area contributed by atoms with Crippen LogP contribution in [0.4, 0.5) is 0 Å². The van der Waals surface area contributed by atoms with Crippen LogP contribution in [0.1, 0.15) is 46.0 Å².